The molecule has 0 saturated carbocycles. The number of likely N-dealkylation sites (tertiary alicyclic amines) is 1. The van der Waals surface area contributed by atoms with Gasteiger partial charge in [0.2, 0.25) is 5.91 Å². The van der Waals surface area contributed by atoms with Crippen LogP contribution in [0.2, 0.25) is 0 Å². The molecule has 0 aromatic heterocycles. The van der Waals surface area contributed by atoms with Crippen molar-refractivity contribution in [1.82, 2.24) is 4.90 Å². The van der Waals surface area contributed by atoms with Gasteiger partial charge in [-0.15, -0.1) is 0 Å². The summed E-state index contributed by atoms with van der Waals surface area (Å²) in [5, 5.41) is 0. The molecule has 0 radical (unpaired) electrons. The summed E-state index contributed by atoms with van der Waals surface area (Å²) in [6.45, 7) is 2.99. The van der Waals surface area contributed by atoms with Gasteiger partial charge in [-0.1, -0.05) is 28.1 Å². The molecular formula is C12H14BrNO. The summed E-state index contributed by atoms with van der Waals surface area (Å²) in [6.07, 6.45) is 1.71. The Balaban J connectivity index is 2.16. The second-order valence-electron chi connectivity index (χ2n) is 3.92. The third-order valence-electron chi connectivity index (χ3n) is 2.93. The number of hydrogen-bond donors (Lipinski definition) is 0. The summed E-state index contributed by atoms with van der Waals surface area (Å²) in [6, 6.07) is 8.38. The van der Waals surface area contributed by atoms with Gasteiger partial charge in [0.05, 0.1) is 6.04 Å². The molecule has 0 aliphatic carbocycles. The minimum atomic E-state index is 0.202. The lowest BCUT2D eigenvalue weighted by Crippen LogP contribution is -2.27. The normalized spacial score (nSPS) is 18.3. The van der Waals surface area contributed by atoms with Crippen molar-refractivity contribution in [1.29, 1.82) is 0 Å². The van der Waals surface area contributed by atoms with Gasteiger partial charge in [-0.3, -0.25) is 4.79 Å². The van der Waals surface area contributed by atoms with Gasteiger partial charge in [0.25, 0.3) is 0 Å². The fourth-order valence-electron chi connectivity index (χ4n) is 2.00. The Kier molecular flexibility index (Phi) is 3.10. The number of carbonyl (C=O) groups is 1. The second kappa shape index (κ2) is 4.35. The third-order valence-corrected chi connectivity index (χ3v) is 3.46. The highest BCUT2D eigenvalue weighted by atomic mass is 79.9. The lowest BCUT2D eigenvalue weighted by molar-refractivity contribution is -0.129. The molecule has 2 nitrogen and oxygen atoms in total. The smallest absolute Gasteiger partial charge is 0.223 e. The molecule has 1 fully saturated rings. The largest absolute Gasteiger partial charge is 0.336 e. The zero-order chi connectivity index (χ0) is 10.8. The van der Waals surface area contributed by atoms with E-state index >= 15 is 0 Å². The topological polar surface area (TPSA) is 20.3 Å². The van der Waals surface area contributed by atoms with E-state index < -0.39 is 0 Å². The second-order valence-corrected chi connectivity index (χ2v) is 4.83. The van der Waals surface area contributed by atoms with Crippen molar-refractivity contribution in [2.45, 2.75) is 25.8 Å². The van der Waals surface area contributed by atoms with E-state index in [2.05, 4.69) is 35.0 Å². The summed E-state index contributed by atoms with van der Waals surface area (Å²) < 4.78 is 1.08. The van der Waals surface area contributed by atoms with Crippen molar-refractivity contribution in [3.8, 4) is 0 Å². The number of nitrogens with zero attached hydrogens (tertiary/aromatic N) is 1. The van der Waals surface area contributed by atoms with Crippen LogP contribution >= 0.6 is 15.9 Å². The molecular weight excluding hydrogens is 254 g/mol. The van der Waals surface area contributed by atoms with Gasteiger partial charge >= 0.3 is 0 Å². The van der Waals surface area contributed by atoms with Crippen molar-refractivity contribution in [2.24, 2.45) is 0 Å². The van der Waals surface area contributed by atoms with Crippen LogP contribution in [0.25, 0.3) is 0 Å². The first-order valence-electron chi connectivity index (χ1n) is 5.23. The standard InChI is InChI=1S/C12H14BrNO/c1-9(14-8-2-3-12(14)15)10-4-6-11(13)7-5-10/h4-7,9H,2-3,8H2,1H3. The number of amides is 1. The van der Waals surface area contributed by atoms with Gasteiger partial charge in [-0.2, -0.15) is 0 Å². The predicted molar refractivity (Wildman–Crippen MR) is 63.5 cm³/mol. The Bertz CT molecular complexity index is 360. The number of benzene rings is 1. The highest BCUT2D eigenvalue weighted by molar-refractivity contribution is 9.10. The molecule has 0 spiro atoms. The van der Waals surface area contributed by atoms with Gasteiger partial charge in [0.15, 0.2) is 0 Å². The molecule has 2 rings (SSSR count). The number of hydrogen-bond acceptors (Lipinski definition) is 1. The van der Waals surface area contributed by atoms with E-state index in [-0.39, 0.29) is 11.9 Å². The molecule has 0 N–H and O–H groups in total. The Hall–Kier alpha value is -0.830. The van der Waals surface area contributed by atoms with Gasteiger partial charge in [-0.05, 0) is 31.0 Å². The predicted octanol–water partition coefficient (Wildman–Crippen LogP) is 3.13. The zero-order valence-electron chi connectivity index (χ0n) is 8.74. The summed E-state index contributed by atoms with van der Waals surface area (Å²) >= 11 is 3.41. The Morgan fingerprint density at radius 3 is 2.53 bits per heavy atom. The summed E-state index contributed by atoms with van der Waals surface area (Å²) in [5.41, 5.74) is 1.20. The minimum absolute atomic E-state index is 0.202. The highest BCUT2D eigenvalue weighted by Gasteiger charge is 2.25. The molecule has 1 amide bonds. The first-order chi connectivity index (χ1) is 7.18. The van der Waals surface area contributed by atoms with Crippen molar-refractivity contribution in [2.75, 3.05) is 6.54 Å². The number of rotatable bonds is 2. The lowest BCUT2D eigenvalue weighted by Gasteiger charge is -2.24. The first kappa shape index (κ1) is 10.7. The number of halogens is 1. The molecule has 1 saturated heterocycles. The van der Waals surface area contributed by atoms with Gasteiger partial charge in [-0.25, -0.2) is 0 Å². The Labute approximate surface area is 98.4 Å². The van der Waals surface area contributed by atoms with Crippen molar-refractivity contribution in [3.05, 3.63) is 34.3 Å². The molecule has 3 heteroatoms. The summed E-state index contributed by atoms with van der Waals surface area (Å²) in [7, 11) is 0. The van der Waals surface area contributed by atoms with Crippen LogP contribution < -0.4 is 0 Å². The molecule has 1 aromatic rings. The van der Waals surface area contributed by atoms with E-state index in [1.807, 2.05) is 17.0 Å². The lowest BCUT2D eigenvalue weighted by atomic mass is 10.1. The summed E-state index contributed by atoms with van der Waals surface area (Å²) in [5.74, 6) is 0.283. The molecule has 1 aliphatic heterocycles. The Morgan fingerprint density at radius 1 is 1.33 bits per heavy atom. The van der Waals surface area contributed by atoms with Crippen molar-refractivity contribution < 1.29 is 4.79 Å². The number of carbonyl (C=O) groups excluding carboxylic acids is 1. The maximum atomic E-state index is 11.6. The highest BCUT2D eigenvalue weighted by Crippen LogP contribution is 2.26. The SMILES string of the molecule is CC(c1ccc(Br)cc1)N1CCCC1=O. The van der Waals surface area contributed by atoms with Crippen LogP contribution in [0.4, 0.5) is 0 Å². The summed E-state index contributed by atoms with van der Waals surface area (Å²) in [4.78, 5) is 13.5. The van der Waals surface area contributed by atoms with E-state index in [4.69, 9.17) is 0 Å². The van der Waals surface area contributed by atoms with Crippen LogP contribution in [0.1, 0.15) is 31.4 Å². The van der Waals surface area contributed by atoms with Gasteiger partial charge < -0.3 is 4.90 Å². The molecule has 1 aromatic carbocycles. The van der Waals surface area contributed by atoms with Crippen LogP contribution in [0.3, 0.4) is 0 Å². The zero-order valence-corrected chi connectivity index (χ0v) is 10.3. The van der Waals surface area contributed by atoms with Gasteiger partial charge in [0.1, 0.15) is 0 Å². The molecule has 15 heavy (non-hydrogen) atoms. The van der Waals surface area contributed by atoms with E-state index in [0.29, 0.717) is 6.42 Å². The van der Waals surface area contributed by atoms with Crippen LogP contribution in [-0.2, 0) is 4.79 Å². The maximum Gasteiger partial charge on any atom is 0.223 e. The Morgan fingerprint density at radius 2 is 2.00 bits per heavy atom. The van der Waals surface area contributed by atoms with Crippen LogP contribution in [0.15, 0.2) is 28.7 Å². The van der Waals surface area contributed by atoms with Crippen molar-refractivity contribution in [3.63, 3.8) is 0 Å². The average molecular weight is 268 g/mol. The van der Waals surface area contributed by atoms with Crippen LogP contribution in [-0.4, -0.2) is 17.4 Å². The molecule has 1 atom stereocenters. The third kappa shape index (κ3) is 2.23. The molecule has 1 aliphatic rings. The quantitative estimate of drug-likeness (QED) is 0.807. The van der Waals surface area contributed by atoms with Crippen molar-refractivity contribution >= 4 is 21.8 Å². The van der Waals surface area contributed by atoms with Crippen LogP contribution in [0.5, 0.6) is 0 Å². The van der Waals surface area contributed by atoms with E-state index in [9.17, 15) is 4.79 Å². The van der Waals surface area contributed by atoms with E-state index in [1.54, 1.807) is 0 Å². The molecule has 1 heterocycles. The molecule has 0 bridgehead atoms. The first-order valence-corrected chi connectivity index (χ1v) is 6.03. The fourth-order valence-corrected chi connectivity index (χ4v) is 2.26. The monoisotopic (exact) mass is 267 g/mol. The van der Waals surface area contributed by atoms with Crippen LogP contribution in [0, 0.1) is 0 Å². The molecule has 1 unspecified atom stereocenters. The molecule has 80 valence electrons. The average Bonchev–Trinajstić information content (AvgIpc) is 2.65. The van der Waals surface area contributed by atoms with E-state index in [0.717, 1.165) is 17.4 Å². The van der Waals surface area contributed by atoms with E-state index in [1.165, 1.54) is 5.56 Å². The fraction of sp³-hybridized carbons (Fsp3) is 0.417. The maximum absolute atomic E-state index is 11.6. The van der Waals surface area contributed by atoms with Gasteiger partial charge in [0, 0.05) is 17.4 Å². The minimum Gasteiger partial charge on any atom is -0.336 e.